The fourth-order valence-corrected chi connectivity index (χ4v) is 2.68. The standard InChI is InChI=1S/C18H16F2O4/c1-11(21)24-18(2,10-17(22)23)15-6-4-3-5-13(15)14-8-7-12(19)9-16(14)20/h3-9H,10H2,1-2H3,(H,22,23). The van der Waals surface area contributed by atoms with E-state index in [1.807, 2.05) is 0 Å². The molecule has 0 aliphatic carbocycles. The van der Waals surface area contributed by atoms with Crippen molar-refractivity contribution in [2.45, 2.75) is 25.9 Å². The van der Waals surface area contributed by atoms with Crippen LogP contribution < -0.4 is 0 Å². The summed E-state index contributed by atoms with van der Waals surface area (Å²) in [6, 6.07) is 9.50. The molecule has 0 aliphatic rings. The van der Waals surface area contributed by atoms with Crippen molar-refractivity contribution in [2.24, 2.45) is 0 Å². The number of rotatable bonds is 5. The molecule has 24 heavy (non-hydrogen) atoms. The number of carboxylic acid groups (broad SMARTS) is 1. The molecule has 0 spiro atoms. The highest BCUT2D eigenvalue weighted by Crippen LogP contribution is 2.37. The molecule has 0 saturated heterocycles. The Labute approximate surface area is 137 Å². The Bertz CT molecular complexity index is 770. The van der Waals surface area contributed by atoms with Crippen LogP contribution in [0, 0.1) is 11.6 Å². The van der Waals surface area contributed by atoms with Crippen molar-refractivity contribution in [1.29, 1.82) is 0 Å². The van der Waals surface area contributed by atoms with Gasteiger partial charge >= 0.3 is 11.9 Å². The first-order valence-electron chi connectivity index (χ1n) is 7.19. The van der Waals surface area contributed by atoms with Crippen molar-refractivity contribution in [3.05, 3.63) is 59.7 Å². The number of carbonyl (C=O) groups is 2. The molecule has 6 heteroatoms. The van der Waals surface area contributed by atoms with E-state index in [1.165, 1.54) is 19.9 Å². The minimum atomic E-state index is -1.49. The Morgan fingerprint density at radius 3 is 2.38 bits per heavy atom. The fourth-order valence-electron chi connectivity index (χ4n) is 2.68. The highest BCUT2D eigenvalue weighted by atomic mass is 19.1. The van der Waals surface area contributed by atoms with E-state index in [4.69, 9.17) is 9.84 Å². The number of hydrogen-bond donors (Lipinski definition) is 1. The van der Waals surface area contributed by atoms with E-state index in [1.54, 1.807) is 24.3 Å². The van der Waals surface area contributed by atoms with Gasteiger partial charge in [0.1, 0.15) is 17.2 Å². The van der Waals surface area contributed by atoms with E-state index in [2.05, 4.69) is 0 Å². The molecule has 0 aromatic heterocycles. The summed E-state index contributed by atoms with van der Waals surface area (Å²) < 4.78 is 32.6. The van der Waals surface area contributed by atoms with Crippen molar-refractivity contribution >= 4 is 11.9 Å². The molecule has 0 fully saturated rings. The zero-order valence-electron chi connectivity index (χ0n) is 13.2. The number of carbonyl (C=O) groups excluding carboxylic acids is 1. The smallest absolute Gasteiger partial charge is 0.307 e. The van der Waals surface area contributed by atoms with Crippen molar-refractivity contribution in [1.82, 2.24) is 0 Å². The van der Waals surface area contributed by atoms with E-state index in [0.717, 1.165) is 12.1 Å². The third-order valence-corrected chi connectivity index (χ3v) is 3.58. The van der Waals surface area contributed by atoms with E-state index in [-0.39, 0.29) is 5.56 Å². The topological polar surface area (TPSA) is 63.6 Å². The van der Waals surface area contributed by atoms with Crippen LogP contribution in [0.3, 0.4) is 0 Å². The summed E-state index contributed by atoms with van der Waals surface area (Å²) in [5, 5.41) is 9.16. The number of benzene rings is 2. The molecule has 1 atom stereocenters. The second-order valence-electron chi connectivity index (χ2n) is 5.56. The number of ether oxygens (including phenoxy) is 1. The number of carboxylic acids is 1. The van der Waals surface area contributed by atoms with Gasteiger partial charge in [0.05, 0.1) is 6.42 Å². The number of halogens is 2. The highest BCUT2D eigenvalue weighted by molar-refractivity contribution is 5.75. The van der Waals surface area contributed by atoms with E-state index in [9.17, 15) is 18.4 Å². The van der Waals surface area contributed by atoms with Crippen LogP contribution >= 0.6 is 0 Å². The van der Waals surface area contributed by atoms with Crippen LogP contribution in [-0.2, 0) is 19.9 Å². The summed E-state index contributed by atoms with van der Waals surface area (Å²) in [6.07, 6.45) is -0.494. The van der Waals surface area contributed by atoms with Gasteiger partial charge in [-0.25, -0.2) is 8.78 Å². The van der Waals surface area contributed by atoms with Crippen LogP contribution in [0.2, 0.25) is 0 Å². The van der Waals surface area contributed by atoms with Crippen LogP contribution in [0.25, 0.3) is 11.1 Å². The molecule has 4 nitrogen and oxygen atoms in total. The van der Waals surface area contributed by atoms with Gasteiger partial charge < -0.3 is 9.84 Å². The van der Waals surface area contributed by atoms with Gasteiger partial charge in [0, 0.05) is 24.1 Å². The molecule has 0 amide bonds. The maximum Gasteiger partial charge on any atom is 0.307 e. The number of aliphatic carboxylic acids is 1. The van der Waals surface area contributed by atoms with Gasteiger partial charge in [-0.3, -0.25) is 9.59 Å². The average molecular weight is 334 g/mol. The van der Waals surface area contributed by atoms with Gasteiger partial charge in [-0.2, -0.15) is 0 Å². The molecule has 1 N–H and O–H groups in total. The lowest BCUT2D eigenvalue weighted by Crippen LogP contribution is -2.31. The predicted molar refractivity (Wildman–Crippen MR) is 83.2 cm³/mol. The summed E-state index contributed by atoms with van der Waals surface area (Å²) in [5.41, 5.74) is -0.737. The van der Waals surface area contributed by atoms with Gasteiger partial charge in [-0.05, 0) is 24.6 Å². The summed E-state index contributed by atoms with van der Waals surface area (Å²) in [7, 11) is 0. The molecule has 0 heterocycles. The minimum absolute atomic E-state index is 0.0933. The molecule has 0 saturated carbocycles. The van der Waals surface area contributed by atoms with Crippen LogP contribution in [0.5, 0.6) is 0 Å². The summed E-state index contributed by atoms with van der Waals surface area (Å²) in [4.78, 5) is 22.6. The zero-order valence-corrected chi connectivity index (χ0v) is 13.2. The SMILES string of the molecule is CC(=O)OC(C)(CC(=O)O)c1ccccc1-c1ccc(F)cc1F. The molecular formula is C18H16F2O4. The van der Waals surface area contributed by atoms with Gasteiger partial charge in [-0.1, -0.05) is 24.3 Å². The number of esters is 1. The molecule has 2 aromatic carbocycles. The first-order valence-corrected chi connectivity index (χ1v) is 7.19. The average Bonchev–Trinajstić information content (AvgIpc) is 2.45. The predicted octanol–water partition coefficient (Wildman–Crippen LogP) is 3.88. The first-order chi connectivity index (χ1) is 11.2. The second-order valence-corrected chi connectivity index (χ2v) is 5.56. The van der Waals surface area contributed by atoms with Crippen LogP contribution in [0.4, 0.5) is 8.78 Å². The van der Waals surface area contributed by atoms with Gasteiger partial charge in [0.25, 0.3) is 0 Å². The summed E-state index contributed by atoms with van der Waals surface area (Å²) >= 11 is 0. The highest BCUT2D eigenvalue weighted by Gasteiger charge is 2.35. The van der Waals surface area contributed by atoms with Crippen LogP contribution in [0.15, 0.2) is 42.5 Å². The Morgan fingerprint density at radius 1 is 1.12 bits per heavy atom. The lowest BCUT2D eigenvalue weighted by Gasteiger charge is -2.30. The summed E-state index contributed by atoms with van der Waals surface area (Å²) in [6.45, 7) is 2.62. The maximum absolute atomic E-state index is 14.2. The quantitative estimate of drug-likeness (QED) is 0.843. The van der Waals surface area contributed by atoms with Gasteiger partial charge in [0.2, 0.25) is 0 Å². The van der Waals surface area contributed by atoms with Crippen molar-refractivity contribution in [2.75, 3.05) is 0 Å². The molecule has 2 rings (SSSR count). The monoisotopic (exact) mass is 334 g/mol. The van der Waals surface area contributed by atoms with Crippen molar-refractivity contribution < 1.29 is 28.2 Å². The summed E-state index contributed by atoms with van der Waals surface area (Å²) in [5.74, 6) is -3.34. The molecule has 0 aliphatic heterocycles. The molecule has 0 radical (unpaired) electrons. The molecule has 0 bridgehead atoms. The van der Waals surface area contributed by atoms with Gasteiger partial charge in [0.15, 0.2) is 0 Å². The fraction of sp³-hybridized carbons (Fsp3) is 0.222. The Hall–Kier alpha value is -2.76. The zero-order chi connectivity index (χ0) is 17.9. The maximum atomic E-state index is 14.2. The second kappa shape index (κ2) is 6.78. The Balaban J connectivity index is 2.64. The van der Waals surface area contributed by atoms with Crippen molar-refractivity contribution in [3.8, 4) is 11.1 Å². The van der Waals surface area contributed by atoms with E-state index >= 15 is 0 Å². The van der Waals surface area contributed by atoms with Crippen LogP contribution in [0.1, 0.15) is 25.8 Å². The van der Waals surface area contributed by atoms with Crippen LogP contribution in [-0.4, -0.2) is 17.0 Å². The van der Waals surface area contributed by atoms with Crippen molar-refractivity contribution in [3.63, 3.8) is 0 Å². The molecular weight excluding hydrogens is 318 g/mol. The number of hydrogen-bond acceptors (Lipinski definition) is 3. The molecule has 2 aromatic rings. The molecule has 1 unspecified atom stereocenters. The Kier molecular flexibility index (Phi) is 4.97. The third kappa shape index (κ3) is 3.76. The normalized spacial score (nSPS) is 13.2. The third-order valence-electron chi connectivity index (χ3n) is 3.58. The minimum Gasteiger partial charge on any atom is -0.481 e. The van der Waals surface area contributed by atoms with E-state index < -0.39 is 35.6 Å². The lowest BCUT2D eigenvalue weighted by atomic mass is 9.85. The molecule has 126 valence electrons. The Morgan fingerprint density at radius 2 is 1.79 bits per heavy atom. The largest absolute Gasteiger partial charge is 0.481 e. The van der Waals surface area contributed by atoms with E-state index in [0.29, 0.717) is 11.1 Å². The first kappa shape index (κ1) is 17.6. The lowest BCUT2D eigenvalue weighted by molar-refractivity contribution is -0.161. The van der Waals surface area contributed by atoms with Gasteiger partial charge in [-0.15, -0.1) is 0 Å².